The lowest BCUT2D eigenvalue weighted by Crippen LogP contribution is -2.25. The molecule has 2 rings (SSSR count). The van der Waals surface area contributed by atoms with Gasteiger partial charge in [0.05, 0.1) is 11.6 Å². The van der Waals surface area contributed by atoms with Crippen LogP contribution in [0, 0.1) is 0 Å². The smallest absolute Gasteiger partial charge is 0.271 e. The first-order chi connectivity index (χ1) is 8.16. The molecule has 0 bridgehead atoms. The zero-order chi connectivity index (χ0) is 12.3. The number of rotatable bonds is 3. The van der Waals surface area contributed by atoms with Gasteiger partial charge < -0.3 is 16.0 Å². The van der Waals surface area contributed by atoms with Crippen LogP contribution >= 0.6 is 11.6 Å². The van der Waals surface area contributed by atoms with E-state index in [0.29, 0.717) is 5.82 Å². The minimum absolute atomic E-state index is 0.109. The van der Waals surface area contributed by atoms with Gasteiger partial charge in [0, 0.05) is 12.4 Å². The Balaban J connectivity index is 2.07. The maximum Gasteiger partial charge on any atom is 0.271 e. The van der Waals surface area contributed by atoms with Crippen LogP contribution in [0.15, 0.2) is 24.5 Å². The summed E-state index contributed by atoms with van der Waals surface area (Å²) in [6.45, 7) is 0.276. The number of aromatic amines is 1. The van der Waals surface area contributed by atoms with Crippen molar-refractivity contribution in [2.24, 2.45) is 0 Å². The average molecular weight is 252 g/mol. The zero-order valence-electron chi connectivity index (χ0n) is 8.77. The maximum atomic E-state index is 11.8. The molecule has 0 aromatic carbocycles. The van der Waals surface area contributed by atoms with Gasteiger partial charge in [0.1, 0.15) is 17.3 Å². The number of anilines is 1. The molecule has 17 heavy (non-hydrogen) atoms. The molecular weight excluding hydrogens is 242 g/mol. The van der Waals surface area contributed by atoms with E-state index in [4.69, 9.17) is 17.3 Å². The normalized spacial score (nSPS) is 10.2. The Morgan fingerprint density at radius 1 is 1.53 bits per heavy atom. The van der Waals surface area contributed by atoms with Gasteiger partial charge in [0.25, 0.3) is 5.91 Å². The number of hydrogen-bond acceptors (Lipinski definition) is 4. The number of H-pyrrole nitrogens is 1. The van der Waals surface area contributed by atoms with Gasteiger partial charge in [0.2, 0.25) is 0 Å². The molecule has 0 aliphatic heterocycles. The molecular formula is C10H10ClN5O. The van der Waals surface area contributed by atoms with E-state index >= 15 is 0 Å². The summed E-state index contributed by atoms with van der Waals surface area (Å²) in [6, 6.07) is 3.07. The molecule has 88 valence electrons. The highest BCUT2D eigenvalue weighted by atomic mass is 35.5. The van der Waals surface area contributed by atoms with Crippen LogP contribution in [0.5, 0.6) is 0 Å². The molecule has 0 saturated carbocycles. The van der Waals surface area contributed by atoms with Gasteiger partial charge in [-0.25, -0.2) is 9.97 Å². The molecule has 7 heteroatoms. The third-order valence-corrected chi connectivity index (χ3v) is 2.36. The number of nitrogen functional groups attached to an aromatic ring is 1. The topological polar surface area (TPSA) is 96.7 Å². The fourth-order valence-corrected chi connectivity index (χ4v) is 1.45. The molecule has 0 atom stereocenters. The second-order valence-electron chi connectivity index (χ2n) is 3.29. The number of imidazole rings is 1. The summed E-state index contributed by atoms with van der Waals surface area (Å²) in [7, 11) is 0. The van der Waals surface area contributed by atoms with Gasteiger partial charge in [0.15, 0.2) is 0 Å². The monoisotopic (exact) mass is 251 g/mol. The van der Waals surface area contributed by atoms with E-state index in [2.05, 4.69) is 20.3 Å². The number of carbonyl (C=O) groups excluding carboxylic acids is 1. The van der Waals surface area contributed by atoms with E-state index in [9.17, 15) is 4.79 Å². The van der Waals surface area contributed by atoms with Crippen LogP contribution < -0.4 is 11.1 Å². The lowest BCUT2D eigenvalue weighted by molar-refractivity contribution is 0.0945. The molecule has 2 aromatic rings. The predicted molar refractivity (Wildman–Crippen MR) is 63.4 cm³/mol. The Kier molecular flexibility index (Phi) is 3.24. The van der Waals surface area contributed by atoms with Crippen LogP contribution in [0.25, 0.3) is 0 Å². The number of nitrogens with one attached hydrogen (secondary N) is 2. The number of hydrogen-bond donors (Lipinski definition) is 3. The molecule has 1 amide bonds. The standard InChI is InChI=1S/C10H10ClN5O/c11-6-1-2-7(12)16-9(6)10(17)15-5-8-13-3-4-14-8/h1-4H,5H2,(H2,12,16)(H,13,14)(H,15,17). The molecule has 0 spiro atoms. The molecule has 2 aromatic heterocycles. The van der Waals surface area contributed by atoms with E-state index in [1.54, 1.807) is 12.4 Å². The maximum absolute atomic E-state index is 11.8. The molecule has 4 N–H and O–H groups in total. The van der Waals surface area contributed by atoms with E-state index in [1.165, 1.54) is 12.1 Å². The van der Waals surface area contributed by atoms with Crippen LogP contribution in [0.2, 0.25) is 5.02 Å². The SMILES string of the molecule is Nc1ccc(Cl)c(C(=O)NCc2ncc[nH]2)n1. The number of halogens is 1. The van der Waals surface area contributed by atoms with Crippen LogP contribution in [0.4, 0.5) is 5.82 Å². The minimum Gasteiger partial charge on any atom is -0.384 e. The summed E-state index contributed by atoms with van der Waals surface area (Å²) >= 11 is 5.85. The van der Waals surface area contributed by atoms with Crippen molar-refractivity contribution in [3.8, 4) is 0 Å². The third kappa shape index (κ3) is 2.73. The molecule has 0 radical (unpaired) electrons. The lowest BCUT2D eigenvalue weighted by Gasteiger charge is -2.05. The van der Waals surface area contributed by atoms with Crippen molar-refractivity contribution >= 4 is 23.3 Å². The van der Waals surface area contributed by atoms with Crippen LogP contribution in [0.3, 0.4) is 0 Å². The van der Waals surface area contributed by atoms with E-state index < -0.39 is 5.91 Å². The van der Waals surface area contributed by atoms with E-state index in [0.717, 1.165) is 0 Å². The highest BCUT2D eigenvalue weighted by molar-refractivity contribution is 6.33. The van der Waals surface area contributed by atoms with Crippen LogP contribution in [-0.2, 0) is 6.54 Å². The number of carbonyl (C=O) groups is 1. The Bertz CT molecular complexity index is 525. The van der Waals surface area contributed by atoms with Gasteiger partial charge in [-0.05, 0) is 12.1 Å². The number of nitrogens with two attached hydrogens (primary N) is 1. The van der Waals surface area contributed by atoms with Crippen molar-refractivity contribution in [1.82, 2.24) is 20.3 Å². The number of amides is 1. The summed E-state index contributed by atoms with van der Waals surface area (Å²) < 4.78 is 0. The van der Waals surface area contributed by atoms with Gasteiger partial charge in [-0.15, -0.1) is 0 Å². The van der Waals surface area contributed by atoms with Gasteiger partial charge in [-0.3, -0.25) is 4.79 Å². The Morgan fingerprint density at radius 2 is 2.35 bits per heavy atom. The van der Waals surface area contributed by atoms with Crippen LogP contribution in [0.1, 0.15) is 16.3 Å². The summed E-state index contributed by atoms with van der Waals surface area (Å²) in [5.41, 5.74) is 5.60. The highest BCUT2D eigenvalue weighted by Crippen LogP contribution is 2.14. The Morgan fingerprint density at radius 3 is 3.06 bits per heavy atom. The molecule has 0 fully saturated rings. The van der Waals surface area contributed by atoms with Crippen molar-refractivity contribution in [2.45, 2.75) is 6.54 Å². The van der Waals surface area contributed by atoms with Crippen molar-refractivity contribution in [3.63, 3.8) is 0 Å². The summed E-state index contributed by atoms with van der Waals surface area (Å²) in [4.78, 5) is 22.5. The van der Waals surface area contributed by atoms with Gasteiger partial charge >= 0.3 is 0 Å². The molecule has 0 unspecified atom stereocenters. The van der Waals surface area contributed by atoms with Crippen LogP contribution in [-0.4, -0.2) is 20.9 Å². The first kappa shape index (κ1) is 11.4. The molecule has 2 heterocycles. The molecule has 6 nitrogen and oxygen atoms in total. The largest absolute Gasteiger partial charge is 0.384 e. The van der Waals surface area contributed by atoms with Crippen molar-refractivity contribution in [1.29, 1.82) is 0 Å². The first-order valence-corrected chi connectivity index (χ1v) is 5.23. The fraction of sp³-hybridized carbons (Fsp3) is 0.100. The fourth-order valence-electron chi connectivity index (χ4n) is 1.26. The lowest BCUT2D eigenvalue weighted by atomic mass is 10.3. The number of aromatic nitrogens is 3. The summed E-state index contributed by atoms with van der Waals surface area (Å²) in [5, 5.41) is 2.89. The number of pyridine rings is 1. The Hall–Kier alpha value is -2.08. The van der Waals surface area contributed by atoms with E-state index in [1.807, 2.05) is 0 Å². The molecule has 0 aliphatic carbocycles. The average Bonchev–Trinajstić information content (AvgIpc) is 2.82. The Labute approximate surface area is 102 Å². The van der Waals surface area contributed by atoms with Crippen molar-refractivity contribution in [3.05, 3.63) is 41.1 Å². The third-order valence-electron chi connectivity index (χ3n) is 2.05. The second-order valence-corrected chi connectivity index (χ2v) is 3.69. The quantitative estimate of drug-likeness (QED) is 0.757. The number of nitrogens with zero attached hydrogens (tertiary/aromatic N) is 2. The second kappa shape index (κ2) is 4.84. The molecule has 0 saturated heterocycles. The van der Waals surface area contributed by atoms with Crippen molar-refractivity contribution < 1.29 is 4.79 Å². The van der Waals surface area contributed by atoms with Gasteiger partial charge in [-0.2, -0.15) is 0 Å². The van der Waals surface area contributed by atoms with E-state index in [-0.39, 0.29) is 23.1 Å². The minimum atomic E-state index is -0.390. The predicted octanol–water partition coefficient (Wildman–Crippen LogP) is 0.970. The highest BCUT2D eigenvalue weighted by Gasteiger charge is 2.12. The summed E-state index contributed by atoms with van der Waals surface area (Å²) in [6.07, 6.45) is 3.28. The first-order valence-electron chi connectivity index (χ1n) is 4.85. The zero-order valence-corrected chi connectivity index (χ0v) is 9.53. The molecule has 0 aliphatic rings. The van der Waals surface area contributed by atoms with Crippen molar-refractivity contribution in [2.75, 3.05) is 5.73 Å². The van der Waals surface area contributed by atoms with Gasteiger partial charge in [-0.1, -0.05) is 11.6 Å². The summed E-state index contributed by atoms with van der Waals surface area (Å²) in [5.74, 6) is 0.509.